The van der Waals surface area contributed by atoms with E-state index in [9.17, 15) is 10.2 Å². The van der Waals surface area contributed by atoms with Crippen molar-refractivity contribution in [3.63, 3.8) is 0 Å². The molecule has 1 aliphatic rings. The van der Waals surface area contributed by atoms with Crippen molar-refractivity contribution in [2.75, 3.05) is 13.2 Å². The minimum Gasteiger partial charge on any atom is -0.479 e. The van der Waals surface area contributed by atoms with Gasteiger partial charge in [-0.2, -0.15) is 0 Å². The number of aliphatic hydroxyl groups excluding tert-OH is 2. The molecule has 0 bridgehead atoms. The number of nitrogens with one attached hydrogen (secondary N) is 1. The normalized spacial score (nSPS) is 23.4. The highest BCUT2D eigenvalue weighted by Crippen LogP contribution is 2.43. The Morgan fingerprint density at radius 3 is 2.92 bits per heavy atom. The SMILES string of the molecule is C#CCOc1c(Br)cc2[nH]cc(OC3CC(O)CC(CO)O3)c2c1Br. The van der Waals surface area contributed by atoms with Crippen LogP contribution in [0, 0.1) is 12.3 Å². The molecule has 3 unspecified atom stereocenters. The predicted octanol–water partition coefficient (Wildman–Crippen LogP) is 2.94. The summed E-state index contributed by atoms with van der Waals surface area (Å²) in [6, 6.07) is 1.87. The highest BCUT2D eigenvalue weighted by Gasteiger charge is 2.30. The highest BCUT2D eigenvalue weighted by molar-refractivity contribution is 9.11. The summed E-state index contributed by atoms with van der Waals surface area (Å²) in [5.74, 6) is 3.56. The van der Waals surface area contributed by atoms with Crippen molar-refractivity contribution < 1.29 is 24.4 Å². The molecule has 3 atom stereocenters. The van der Waals surface area contributed by atoms with Gasteiger partial charge in [0.05, 0.1) is 38.7 Å². The van der Waals surface area contributed by atoms with E-state index < -0.39 is 18.5 Å². The summed E-state index contributed by atoms with van der Waals surface area (Å²) in [5, 5.41) is 20.0. The number of rotatable bonds is 5. The molecule has 1 saturated heterocycles. The molecule has 2 aromatic rings. The lowest BCUT2D eigenvalue weighted by molar-refractivity contribution is -0.184. The molecule has 0 aliphatic carbocycles. The van der Waals surface area contributed by atoms with Gasteiger partial charge >= 0.3 is 0 Å². The van der Waals surface area contributed by atoms with Crippen molar-refractivity contribution >= 4 is 42.8 Å². The molecule has 0 spiro atoms. The maximum Gasteiger partial charge on any atom is 0.202 e. The Morgan fingerprint density at radius 2 is 2.20 bits per heavy atom. The first kappa shape index (κ1) is 18.5. The number of ether oxygens (including phenoxy) is 3. The van der Waals surface area contributed by atoms with Crippen molar-refractivity contribution in [1.29, 1.82) is 0 Å². The van der Waals surface area contributed by atoms with E-state index in [1.165, 1.54) is 0 Å². The third-order valence-electron chi connectivity index (χ3n) is 3.89. The van der Waals surface area contributed by atoms with E-state index in [-0.39, 0.29) is 13.2 Å². The van der Waals surface area contributed by atoms with Crippen molar-refractivity contribution in [1.82, 2.24) is 4.98 Å². The van der Waals surface area contributed by atoms with Crippen LogP contribution in [0.3, 0.4) is 0 Å². The van der Waals surface area contributed by atoms with Crippen LogP contribution in [0.1, 0.15) is 12.8 Å². The summed E-state index contributed by atoms with van der Waals surface area (Å²) < 4.78 is 18.6. The molecule has 3 N–H and O–H groups in total. The summed E-state index contributed by atoms with van der Waals surface area (Å²) >= 11 is 7.00. The predicted molar refractivity (Wildman–Crippen MR) is 99.6 cm³/mol. The monoisotopic (exact) mass is 473 g/mol. The van der Waals surface area contributed by atoms with Crippen molar-refractivity contribution in [3.05, 3.63) is 21.2 Å². The second-order valence-corrected chi connectivity index (χ2v) is 7.33. The van der Waals surface area contributed by atoms with Gasteiger partial charge in [-0.3, -0.25) is 0 Å². The quantitative estimate of drug-likeness (QED) is 0.580. The van der Waals surface area contributed by atoms with Crippen LogP contribution in [0.25, 0.3) is 10.9 Å². The van der Waals surface area contributed by atoms with Gasteiger partial charge < -0.3 is 29.4 Å². The summed E-state index contributed by atoms with van der Waals surface area (Å²) in [6.45, 7) is -0.0229. The fourth-order valence-electron chi connectivity index (χ4n) is 2.79. The first-order chi connectivity index (χ1) is 12.0. The second-order valence-electron chi connectivity index (χ2n) is 5.68. The van der Waals surface area contributed by atoms with E-state index in [0.717, 1.165) is 15.4 Å². The number of fused-ring (bicyclic) bond motifs is 1. The molecule has 1 aromatic carbocycles. The Labute approximate surface area is 161 Å². The molecule has 0 amide bonds. The first-order valence-corrected chi connectivity index (χ1v) is 9.28. The maximum absolute atomic E-state index is 9.92. The van der Waals surface area contributed by atoms with Crippen molar-refractivity contribution in [2.24, 2.45) is 0 Å². The van der Waals surface area contributed by atoms with Crippen LogP contribution in [-0.4, -0.2) is 46.9 Å². The molecule has 0 saturated carbocycles. The number of H-pyrrole nitrogens is 1. The topological polar surface area (TPSA) is 83.9 Å². The van der Waals surface area contributed by atoms with Gasteiger partial charge in [0.1, 0.15) is 18.1 Å². The van der Waals surface area contributed by atoms with Gasteiger partial charge in [-0.25, -0.2) is 0 Å². The van der Waals surface area contributed by atoms with Crippen LogP contribution in [0.4, 0.5) is 0 Å². The van der Waals surface area contributed by atoms with Crippen LogP contribution in [0.2, 0.25) is 0 Å². The Bertz CT molecular complexity index is 800. The lowest BCUT2D eigenvalue weighted by Gasteiger charge is -2.32. The third kappa shape index (κ3) is 3.96. The third-order valence-corrected chi connectivity index (χ3v) is 5.23. The average Bonchev–Trinajstić information content (AvgIpc) is 2.96. The van der Waals surface area contributed by atoms with Gasteiger partial charge in [-0.1, -0.05) is 5.92 Å². The van der Waals surface area contributed by atoms with Crippen LogP contribution >= 0.6 is 31.9 Å². The molecule has 1 fully saturated rings. The number of aromatic amines is 1. The smallest absolute Gasteiger partial charge is 0.202 e. The molecule has 134 valence electrons. The van der Waals surface area contributed by atoms with Gasteiger partial charge in [0, 0.05) is 19.0 Å². The van der Waals surface area contributed by atoms with E-state index in [1.807, 2.05) is 6.07 Å². The molecule has 0 radical (unpaired) electrons. The number of aliphatic hydroxyl groups is 2. The largest absolute Gasteiger partial charge is 0.479 e. The number of aromatic nitrogens is 1. The van der Waals surface area contributed by atoms with Gasteiger partial charge in [-0.15, -0.1) is 6.42 Å². The molecule has 1 aromatic heterocycles. The summed E-state index contributed by atoms with van der Waals surface area (Å²) in [7, 11) is 0. The van der Waals surface area contributed by atoms with E-state index in [2.05, 4.69) is 42.8 Å². The van der Waals surface area contributed by atoms with Gasteiger partial charge in [0.25, 0.3) is 0 Å². The summed E-state index contributed by atoms with van der Waals surface area (Å²) in [5.41, 5.74) is 0.830. The molecule has 2 heterocycles. The zero-order chi connectivity index (χ0) is 18.0. The van der Waals surface area contributed by atoms with Gasteiger partial charge in [0.2, 0.25) is 6.29 Å². The van der Waals surface area contributed by atoms with E-state index in [4.69, 9.17) is 20.6 Å². The zero-order valence-electron chi connectivity index (χ0n) is 13.2. The Balaban J connectivity index is 1.90. The maximum atomic E-state index is 9.92. The molecule has 1 aliphatic heterocycles. The molecular weight excluding hydrogens is 458 g/mol. The summed E-state index contributed by atoms with van der Waals surface area (Å²) in [4.78, 5) is 3.13. The van der Waals surface area contributed by atoms with E-state index in [0.29, 0.717) is 28.8 Å². The number of benzene rings is 1. The zero-order valence-corrected chi connectivity index (χ0v) is 16.3. The second kappa shape index (κ2) is 7.98. The highest BCUT2D eigenvalue weighted by atomic mass is 79.9. The van der Waals surface area contributed by atoms with Crippen molar-refractivity contribution in [3.8, 4) is 23.8 Å². The minimum atomic E-state index is -0.648. The number of hydrogen-bond donors (Lipinski definition) is 3. The Kier molecular flexibility index (Phi) is 5.92. The first-order valence-electron chi connectivity index (χ1n) is 7.69. The number of halogens is 2. The molecule has 25 heavy (non-hydrogen) atoms. The number of hydrogen-bond acceptors (Lipinski definition) is 5. The number of terminal acetylenes is 1. The fraction of sp³-hybridized carbons (Fsp3) is 0.412. The molecule has 8 heteroatoms. The van der Waals surface area contributed by atoms with Crippen molar-refractivity contribution in [2.45, 2.75) is 31.3 Å². The van der Waals surface area contributed by atoms with Crippen LogP contribution in [0.15, 0.2) is 21.2 Å². The minimum absolute atomic E-state index is 0.138. The van der Waals surface area contributed by atoms with Crippen LogP contribution < -0.4 is 9.47 Å². The van der Waals surface area contributed by atoms with Gasteiger partial charge in [0.15, 0.2) is 0 Å². The lowest BCUT2D eigenvalue weighted by atomic mass is 10.1. The standard InChI is InChI=1S/C17H17Br2NO5/c1-2-3-23-17-11(18)6-12-15(16(17)19)13(7-20-12)25-14-5-9(22)4-10(8-21)24-14/h1,6-7,9-10,14,20-22H,3-5,8H2. The van der Waals surface area contributed by atoms with E-state index in [1.54, 1.807) is 6.20 Å². The molecular formula is C17H17Br2NO5. The Morgan fingerprint density at radius 1 is 1.40 bits per heavy atom. The lowest BCUT2D eigenvalue weighted by Crippen LogP contribution is -2.40. The Hall–Kier alpha value is -1.24. The average molecular weight is 475 g/mol. The van der Waals surface area contributed by atoms with Gasteiger partial charge in [-0.05, 0) is 37.9 Å². The summed E-state index contributed by atoms with van der Waals surface area (Å²) in [6.07, 6.45) is 6.04. The fourth-order valence-corrected chi connectivity index (χ4v) is 4.34. The molecule has 3 rings (SSSR count). The van der Waals surface area contributed by atoms with E-state index >= 15 is 0 Å². The van der Waals surface area contributed by atoms with Crippen LogP contribution in [0.5, 0.6) is 11.5 Å². The van der Waals surface area contributed by atoms with Crippen LogP contribution in [-0.2, 0) is 4.74 Å². The molecule has 6 nitrogen and oxygen atoms in total.